The molecule has 10 heteroatoms. The number of carboxylic acids is 1. The van der Waals surface area contributed by atoms with Gasteiger partial charge in [0.1, 0.15) is 5.82 Å². The van der Waals surface area contributed by atoms with Crippen LogP contribution < -0.4 is 9.80 Å². The highest BCUT2D eigenvalue weighted by molar-refractivity contribution is 5.97. The number of rotatable bonds is 6. The monoisotopic (exact) mass is 531 g/mol. The third-order valence-electron chi connectivity index (χ3n) is 7.72. The number of amides is 3. The van der Waals surface area contributed by atoms with Crippen molar-refractivity contribution in [3.05, 3.63) is 60.4 Å². The van der Waals surface area contributed by atoms with Crippen molar-refractivity contribution in [2.75, 3.05) is 29.9 Å². The van der Waals surface area contributed by atoms with Gasteiger partial charge >= 0.3 is 12.0 Å². The second kappa shape index (κ2) is 11.0. The van der Waals surface area contributed by atoms with Crippen LogP contribution in [0.3, 0.4) is 0 Å². The van der Waals surface area contributed by atoms with Crippen molar-refractivity contribution in [1.29, 1.82) is 0 Å². The van der Waals surface area contributed by atoms with E-state index in [4.69, 9.17) is 0 Å². The number of urea groups is 1. The van der Waals surface area contributed by atoms with Crippen LogP contribution in [-0.2, 0) is 9.59 Å². The van der Waals surface area contributed by atoms with Crippen molar-refractivity contribution in [3.63, 3.8) is 0 Å². The molecular formula is C28H32F3N3O4. The maximum atomic E-state index is 14.3. The molecule has 38 heavy (non-hydrogen) atoms. The number of alkyl halides is 2. The molecule has 4 rings (SSSR count). The smallest absolute Gasteiger partial charge is 0.324 e. The average molecular weight is 532 g/mol. The molecule has 0 unspecified atom stereocenters. The number of para-hydroxylation sites is 1. The van der Waals surface area contributed by atoms with Gasteiger partial charge in [-0.25, -0.2) is 18.0 Å². The quantitative estimate of drug-likeness (QED) is 0.530. The van der Waals surface area contributed by atoms with E-state index in [0.29, 0.717) is 17.8 Å². The Morgan fingerprint density at radius 2 is 1.61 bits per heavy atom. The van der Waals surface area contributed by atoms with Crippen molar-refractivity contribution in [1.82, 2.24) is 4.90 Å². The van der Waals surface area contributed by atoms with E-state index < -0.39 is 41.5 Å². The van der Waals surface area contributed by atoms with Crippen LogP contribution in [0.1, 0.15) is 44.9 Å². The van der Waals surface area contributed by atoms with Crippen LogP contribution in [0.25, 0.3) is 0 Å². The summed E-state index contributed by atoms with van der Waals surface area (Å²) in [7, 11) is 1.55. The topological polar surface area (TPSA) is 81.2 Å². The molecular weight excluding hydrogens is 499 g/mol. The zero-order chi connectivity index (χ0) is 27.5. The maximum Gasteiger partial charge on any atom is 0.324 e. The minimum atomic E-state index is -2.89. The standard InChI is InChI=1S/C28H32F3N3O4/c1-32(21-11-9-20(29)10-12-21)26(38)33-16-14-27(15-17-33,25(36)37)19-24(35)34(22-6-3-2-4-7-22)23-8-5-13-28(30,31)18-23/h2-4,6-7,9-12,23H,5,8,13-19H2,1H3,(H,36,37)/t23-/m1/s1. The number of hydrogen-bond donors (Lipinski definition) is 1. The second-order valence-corrected chi connectivity index (χ2v) is 10.3. The normalized spacial score (nSPS) is 20.4. The molecule has 0 radical (unpaired) electrons. The van der Waals surface area contributed by atoms with E-state index >= 15 is 0 Å². The lowest BCUT2D eigenvalue weighted by atomic mass is 9.75. The summed E-state index contributed by atoms with van der Waals surface area (Å²) in [6, 6.07) is 12.9. The minimum Gasteiger partial charge on any atom is -0.481 e. The zero-order valence-electron chi connectivity index (χ0n) is 21.3. The average Bonchev–Trinajstić information content (AvgIpc) is 2.89. The number of piperidine rings is 1. The van der Waals surface area contributed by atoms with Gasteiger partial charge in [0.15, 0.2) is 0 Å². The van der Waals surface area contributed by atoms with Gasteiger partial charge in [-0.1, -0.05) is 18.2 Å². The molecule has 2 aromatic carbocycles. The Morgan fingerprint density at radius 1 is 0.974 bits per heavy atom. The highest BCUT2D eigenvalue weighted by atomic mass is 19.3. The van der Waals surface area contributed by atoms with Gasteiger partial charge in [-0.05, 0) is 62.1 Å². The first-order valence-electron chi connectivity index (χ1n) is 12.8. The first kappa shape index (κ1) is 27.5. The van der Waals surface area contributed by atoms with Crippen LogP contribution in [0.4, 0.5) is 29.3 Å². The van der Waals surface area contributed by atoms with Crippen LogP contribution in [0, 0.1) is 11.2 Å². The van der Waals surface area contributed by atoms with E-state index in [1.807, 2.05) is 0 Å². The Hall–Kier alpha value is -3.56. The summed E-state index contributed by atoms with van der Waals surface area (Å²) in [5.41, 5.74) is -0.467. The largest absolute Gasteiger partial charge is 0.481 e. The molecule has 0 bridgehead atoms. The van der Waals surface area contributed by atoms with E-state index in [0.717, 1.165) is 0 Å². The molecule has 2 aromatic rings. The van der Waals surface area contributed by atoms with Gasteiger partial charge in [-0.2, -0.15) is 0 Å². The number of carbonyl (C=O) groups excluding carboxylic acids is 2. The predicted molar refractivity (Wildman–Crippen MR) is 137 cm³/mol. The predicted octanol–water partition coefficient (Wildman–Crippen LogP) is 5.55. The van der Waals surface area contributed by atoms with E-state index in [9.17, 15) is 32.7 Å². The van der Waals surface area contributed by atoms with Crippen molar-refractivity contribution >= 4 is 29.3 Å². The summed E-state index contributed by atoms with van der Waals surface area (Å²) in [5, 5.41) is 10.2. The van der Waals surface area contributed by atoms with Crippen molar-refractivity contribution < 1.29 is 32.7 Å². The number of aliphatic carboxylic acids is 1. The number of likely N-dealkylation sites (tertiary alicyclic amines) is 1. The van der Waals surface area contributed by atoms with Gasteiger partial charge in [0, 0.05) is 56.8 Å². The molecule has 1 saturated heterocycles. The summed E-state index contributed by atoms with van der Waals surface area (Å²) in [6.07, 6.45) is -0.275. The Balaban J connectivity index is 1.49. The highest BCUT2D eigenvalue weighted by Crippen LogP contribution is 2.40. The highest BCUT2D eigenvalue weighted by Gasteiger charge is 2.47. The van der Waals surface area contributed by atoms with E-state index in [-0.39, 0.29) is 51.2 Å². The molecule has 204 valence electrons. The molecule has 1 aliphatic carbocycles. The van der Waals surface area contributed by atoms with Gasteiger partial charge < -0.3 is 14.9 Å². The first-order chi connectivity index (χ1) is 18.0. The fourth-order valence-corrected chi connectivity index (χ4v) is 5.47. The van der Waals surface area contributed by atoms with Crippen LogP contribution in [0.15, 0.2) is 54.6 Å². The molecule has 1 atom stereocenters. The SMILES string of the molecule is CN(C(=O)N1CCC(CC(=O)N(c2ccccc2)[C@@H]2CCCC(F)(F)C2)(C(=O)O)CC1)c1ccc(F)cc1. The van der Waals surface area contributed by atoms with Crippen LogP contribution in [0.5, 0.6) is 0 Å². The van der Waals surface area contributed by atoms with Gasteiger partial charge in [0.2, 0.25) is 11.8 Å². The van der Waals surface area contributed by atoms with Crippen LogP contribution in [-0.4, -0.2) is 60.0 Å². The lowest BCUT2D eigenvalue weighted by Crippen LogP contribution is -2.53. The summed E-state index contributed by atoms with van der Waals surface area (Å²) < 4.78 is 41.8. The molecule has 1 saturated carbocycles. The number of carbonyl (C=O) groups is 3. The third-order valence-corrected chi connectivity index (χ3v) is 7.72. The third kappa shape index (κ3) is 5.95. The Labute approximate surface area is 219 Å². The van der Waals surface area contributed by atoms with E-state index in [1.165, 1.54) is 39.0 Å². The Kier molecular flexibility index (Phi) is 7.99. The van der Waals surface area contributed by atoms with Crippen molar-refractivity contribution in [2.45, 2.75) is 56.9 Å². The maximum absolute atomic E-state index is 14.3. The number of halogens is 3. The minimum absolute atomic E-state index is 0.0422. The van der Waals surface area contributed by atoms with Crippen LogP contribution in [0.2, 0.25) is 0 Å². The van der Waals surface area contributed by atoms with E-state index in [1.54, 1.807) is 37.4 Å². The lowest BCUT2D eigenvalue weighted by molar-refractivity contribution is -0.154. The fourth-order valence-electron chi connectivity index (χ4n) is 5.47. The molecule has 1 aliphatic heterocycles. The van der Waals surface area contributed by atoms with E-state index in [2.05, 4.69) is 0 Å². The summed E-state index contributed by atoms with van der Waals surface area (Å²) in [5.74, 6) is -4.97. The van der Waals surface area contributed by atoms with Gasteiger partial charge in [0.25, 0.3) is 0 Å². The molecule has 3 amide bonds. The molecule has 7 nitrogen and oxygen atoms in total. The molecule has 2 aliphatic rings. The van der Waals surface area contributed by atoms with Gasteiger partial charge in [-0.15, -0.1) is 0 Å². The van der Waals surface area contributed by atoms with Gasteiger partial charge in [-0.3, -0.25) is 14.5 Å². The molecule has 2 fully saturated rings. The molecule has 0 aromatic heterocycles. The Morgan fingerprint density at radius 3 is 2.18 bits per heavy atom. The first-order valence-corrected chi connectivity index (χ1v) is 12.8. The second-order valence-electron chi connectivity index (χ2n) is 10.3. The fraction of sp³-hybridized carbons (Fsp3) is 0.464. The Bertz CT molecular complexity index is 1150. The molecule has 0 spiro atoms. The number of carboxylic acid groups (broad SMARTS) is 1. The number of benzene rings is 2. The number of nitrogens with zero attached hydrogens (tertiary/aromatic N) is 3. The number of hydrogen-bond acceptors (Lipinski definition) is 3. The lowest BCUT2D eigenvalue weighted by Gasteiger charge is -2.42. The van der Waals surface area contributed by atoms with Crippen molar-refractivity contribution in [3.8, 4) is 0 Å². The molecule has 1 N–H and O–H groups in total. The summed E-state index contributed by atoms with van der Waals surface area (Å²) in [4.78, 5) is 43.4. The molecule has 1 heterocycles. The zero-order valence-corrected chi connectivity index (χ0v) is 21.3. The summed E-state index contributed by atoms with van der Waals surface area (Å²) >= 11 is 0. The summed E-state index contributed by atoms with van der Waals surface area (Å²) in [6.45, 7) is 0.216. The van der Waals surface area contributed by atoms with Crippen molar-refractivity contribution in [2.24, 2.45) is 5.41 Å². The van der Waals surface area contributed by atoms with Gasteiger partial charge in [0.05, 0.1) is 5.41 Å². The number of anilines is 2. The van der Waals surface area contributed by atoms with Crippen LogP contribution >= 0.6 is 0 Å².